The molecular formula is C15H21N. The Balaban J connectivity index is 2.49. The molecular weight excluding hydrogens is 194 g/mol. The monoisotopic (exact) mass is 215 g/mol. The molecule has 16 heavy (non-hydrogen) atoms. The molecule has 0 bridgehead atoms. The lowest BCUT2D eigenvalue weighted by atomic mass is 9.83. The van der Waals surface area contributed by atoms with Gasteiger partial charge in [-0.3, -0.25) is 0 Å². The predicted molar refractivity (Wildman–Crippen MR) is 70.9 cm³/mol. The number of hydrogen-bond acceptors (Lipinski definition) is 1. The van der Waals surface area contributed by atoms with Gasteiger partial charge in [-0.05, 0) is 18.1 Å². The normalized spacial score (nSPS) is 20.2. The fraction of sp³-hybridized carbons (Fsp3) is 0.467. The maximum atomic E-state index is 2.39. The van der Waals surface area contributed by atoms with Crippen molar-refractivity contribution in [3.63, 3.8) is 0 Å². The third-order valence-electron chi connectivity index (χ3n) is 3.57. The van der Waals surface area contributed by atoms with Crippen molar-refractivity contribution < 1.29 is 0 Å². The van der Waals surface area contributed by atoms with Gasteiger partial charge < -0.3 is 4.90 Å². The van der Waals surface area contributed by atoms with Crippen molar-refractivity contribution in [2.75, 3.05) is 11.9 Å². The minimum Gasteiger partial charge on any atom is -0.347 e. The lowest BCUT2D eigenvalue weighted by Crippen LogP contribution is -2.22. The first-order chi connectivity index (χ1) is 7.59. The van der Waals surface area contributed by atoms with Crippen molar-refractivity contribution in [2.45, 2.75) is 39.0 Å². The number of likely N-dealkylation sites (N-methyl/N-ethyl adjacent to an activating group) is 1. The largest absolute Gasteiger partial charge is 0.347 e. The summed E-state index contributed by atoms with van der Waals surface area (Å²) >= 11 is 0. The van der Waals surface area contributed by atoms with Crippen molar-refractivity contribution in [1.29, 1.82) is 0 Å². The minimum absolute atomic E-state index is 0.153. The van der Waals surface area contributed by atoms with Crippen LogP contribution in [-0.2, 0) is 5.41 Å². The average molecular weight is 215 g/mol. The Labute approximate surface area is 98.8 Å². The van der Waals surface area contributed by atoms with Crippen LogP contribution in [0.25, 0.3) is 0 Å². The highest BCUT2D eigenvalue weighted by atomic mass is 15.2. The number of unbranched alkanes of at least 4 members (excludes halogenated alkanes) is 1. The zero-order valence-corrected chi connectivity index (χ0v) is 10.7. The first-order valence-corrected chi connectivity index (χ1v) is 6.13. The van der Waals surface area contributed by atoms with Crippen LogP contribution >= 0.6 is 0 Å². The zero-order valence-electron chi connectivity index (χ0n) is 10.7. The van der Waals surface area contributed by atoms with Crippen molar-refractivity contribution in [2.24, 2.45) is 0 Å². The van der Waals surface area contributed by atoms with Gasteiger partial charge in [-0.1, -0.05) is 51.5 Å². The quantitative estimate of drug-likeness (QED) is 0.718. The summed E-state index contributed by atoms with van der Waals surface area (Å²) in [4.78, 5) is 2.34. The van der Waals surface area contributed by atoms with E-state index in [1.165, 1.54) is 23.4 Å². The Hall–Kier alpha value is -1.24. The van der Waals surface area contributed by atoms with Crippen LogP contribution < -0.4 is 4.90 Å². The van der Waals surface area contributed by atoms with Crippen molar-refractivity contribution in [3.05, 3.63) is 41.6 Å². The molecule has 1 aliphatic heterocycles. The van der Waals surface area contributed by atoms with Gasteiger partial charge in [0.2, 0.25) is 0 Å². The SMILES string of the molecule is CCCC=C1N(C)c2ccccc2C1(C)C. The molecule has 0 atom stereocenters. The third-order valence-corrected chi connectivity index (χ3v) is 3.57. The van der Waals surface area contributed by atoms with Crippen molar-refractivity contribution in [3.8, 4) is 0 Å². The van der Waals surface area contributed by atoms with Crippen molar-refractivity contribution in [1.82, 2.24) is 0 Å². The number of rotatable bonds is 2. The average Bonchev–Trinajstić information content (AvgIpc) is 2.46. The van der Waals surface area contributed by atoms with Gasteiger partial charge in [-0.2, -0.15) is 0 Å². The van der Waals surface area contributed by atoms with Gasteiger partial charge in [0, 0.05) is 23.8 Å². The topological polar surface area (TPSA) is 3.24 Å². The Bertz CT molecular complexity index is 415. The van der Waals surface area contributed by atoms with Crippen LogP contribution in [0.3, 0.4) is 0 Å². The number of fused-ring (bicyclic) bond motifs is 1. The van der Waals surface area contributed by atoms with Gasteiger partial charge in [0.15, 0.2) is 0 Å². The molecule has 0 N–H and O–H groups in total. The zero-order chi connectivity index (χ0) is 11.8. The molecule has 1 heteroatoms. The Kier molecular flexibility index (Phi) is 2.79. The van der Waals surface area contributed by atoms with Crippen LogP contribution in [0, 0.1) is 0 Å². The summed E-state index contributed by atoms with van der Waals surface area (Å²) in [5, 5.41) is 0. The van der Waals surface area contributed by atoms with Gasteiger partial charge in [0.1, 0.15) is 0 Å². The minimum atomic E-state index is 0.153. The summed E-state index contributed by atoms with van der Waals surface area (Å²) in [6.07, 6.45) is 4.76. The molecule has 0 aromatic heterocycles. The first-order valence-electron chi connectivity index (χ1n) is 6.13. The van der Waals surface area contributed by atoms with Crippen LogP contribution in [0.15, 0.2) is 36.0 Å². The second-order valence-electron chi connectivity index (χ2n) is 5.08. The highest BCUT2D eigenvalue weighted by Gasteiger charge is 2.37. The maximum absolute atomic E-state index is 2.39. The van der Waals surface area contributed by atoms with E-state index in [4.69, 9.17) is 0 Å². The Morgan fingerprint density at radius 3 is 2.56 bits per heavy atom. The molecule has 0 saturated heterocycles. The number of hydrogen-bond donors (Lipinski definition) is 0. The number of nitrogens with zero attached hydrogens (tertiary/aromatic N) is 1. The molecule has 0 saturated carbocycles. The van der Waals surface area contributed by atoms with Crippen molar-refractivity contribution >= 4 is 5.69 Å². The molecule has 1 aliphatic rings. The standard InChI is InChI=1S/C15H21N/c1-5-6-11-14-15(2,3)12-9-7-8-10-13(12)16(14)4/h7-11H,5-6H2,1-4H3. The number of para-hydroxylation sites is 1. The molecule has 0 amide bonds. The van der Waals surface area contributed by atoms with E-state index in [2.05, 4.69) is 63.1 Å². The van der Waals surface area contributed by atoms with Gasteiger partial charge in [-0.15, -0.1) is 0 Å². The molecule has 0 aliphatic carbocycles. The molecule has 2 rings (SSSR count). The van der Waals surface area contributed by atoms with E-state index in [0.29, 0.717) is 0 Å². The second-order valence-corrected chi connectivity index (χ2v) is 5.08. The summed E-state index contributed by atoms with van der Waals surface area (Å²) in [5.41, 5.74) is 4.39. The second kappa shape index (κ2) is 3.97. The summed E-state index contributed by atoms with van der Waals surface area (Å²) in [7, 11) is 2.18. The molecule has 1 aromatic carbocycles. The summed E-state index contributed by atoms with van der Waals surface area (Å²) in [6.45, 7) is 6.86. The van der Waals surface area contributed by atoms with E-state index in [0.717, 1.165) is 6.42 Å². The fourth-order valence-electron chi connectivity index (χ4n) is 2.65. The third kappa shape index (κ3) is 1.55. The van der Waals surface area contributed by atoms with E-state index >= 15 is 0 Å². The molecule has 0 spiro atoms. The van der Waals surface area contributed by atoms with E-state index < -0.39 is 0 Å². The van der Waals surface area contributed by atoms with Crippen LogP contribution in [0.2, 0.25) is 0 Å². The molecule has 0 radical (unpaired) electrons. The van der Waals surface area contributed by atoms with Gasteiger partial charge in [0.25, 0.3) is 0 Å². The van der Waals surface area contributed by atoms with Crippen LogP contribution in [-0.4, -0.2) is 7.05 Å². The predicted octanol–water partition coefficient (Wildman–Crippen LogP) is 4.10. The van der Waals surface area contributed by atoms with Crippen LogP contribution in [0.5, 0.6) is 0 Å². The highest BCUT2D eigenvalue weighted by molar-refractivity contribution is 5.69. The molecule has 1 nitrogen and oxygen atoms in total. The van der Waals surface area contributed by atoms with E-state index in [1.807, 2.05) is 0 Å². The Morgan fingerprint density at radius 2 is 1.94 bits per heavy atom. The Morgan fingerprint density at radius 1 is 1.25 bits per heavy atom. The lowest BCUT2D eigenvalue weighted by Gasteiger charge is -2.24. The maximum Gasteiger partial charge on any atom is 0.0447 e. The highest BCUT2D eigenvalue weighted by Crippen LogP contribution is 2.46. The molecule has 1 heterocycles. The summed E-state index contributed by atoms with van der Waals surface area (Å²) in [5.74, 6) is 0. The molecule has 0 fully saturated rings. The lowest BCUT2D eigenvalue weighted by molar-refractivity contribution is 0.634. The molecule has 86 valence electrons. The fourth-order valence-corrected chi connectivity index (χ4v) is 2.65. The van der Waals surface area contributed by atoms with E-state index in [9.17, 15) is 0 Å². The van der Waals surface area contributed by atoms with Crippen LogP contribution in [0.1, 0.15) is 39.2 Å². The van der Waals surface area contributed by atoms with E-state index in [-0.39, 0.29) is 5.41 Å². The number of benzene rings is 1. The molecule has 0 unspecified atom stereocenters. The number of allylic oxidation sites excluding steroid dienone is 2. The number of anilines is 1. The van der Waals surface area contributed by atoms with Gasteiger partial charge in [-0.25, -0.2) is 0 Å². The van der Waals surface area contributed by atoms with E-state index in [1.54, 1.807) is 0 Å². The van der Waals surface area contributed by atoms with Crippen LogP contribution in [0.4, 0.5) is 5.69 Å². The summed E-state index contributed by atoms with van der Waals surface area (Å²) in [6, 6.07) is 8.72. The molecule has 1 aromatic rings. The summed E-state index contributed by atoms with van der Waals surface area (Å²) < 4.78 is 0. The smallest absolute Gasteiger partial charge is 0.0447 e. The van der Waals surface area contributed by atoms with Gasteiger partial charge >= 0.3 is 0 Å². The first kappa shape index (κ1) is 11.3. The van der Waals surface area contributed by atoms with Gasteiger partial charge in [0.05, 0.1) is 0 Å².